The zero-order valence-electron chi connectivity index (χ0n) is 16.2. The summed E-state index contributed by atoms with van der Waals surface area (Å²) in [5.41, 5.74) is 0.822. The maximum absolute atomic E-state index is 13.9. The summed E-state index contributed by atoms with van der Waals surface area (Å²) in [6, 6.07) is 7.16. The Hall–Kier alpha value is -2.57. The lowest BCUT2D eigenvalue weighted by molar-refractivity contribution is -0.109. The molecule has 1 saturated heterocycles. The molecule has 27 heavy (non-hydrogen) atoms. The number of carbonyl (C=O) groups is 1. The zero-order chi connectivity index (χ0) is 19.4. The molecule has 3 heterocycles. The minimum absolute atomic E-state index is 0.124. The topological polar surface area (TPSA) is 64.3 Å². The summed E-state index contributed by atoms with van der Waals surface area (Å²) in [7, 11) is 0. The first-order valence-corrected chi connectivity index (χ1v) is 9.58. The number of hydrogen-bond acceptors (Lipinski definition) is 5. The van der Waals surface area contributed by atoms with Gasteiger partial charge >= 0.3 is 0 Å². The molecule has 146 valence electrons. The van der Waals surface area contributed by atoms with Crippen molar-refractivity contribution in [2.24, 2.45) is 0 Å². The predicted octanol–water partition coefficient (Wildman–Crippen LogP) is 3.43. The van der Waals surface area contributed by atoms with Crippen LogP contribution in [0.1, 0.15) is 33.6 Å². The molecule has 0 aliphatic carbocycles. The zero-order valence-corrected chi connectivity index (χ0v) is 16.2. The van der Waals surface area contributed by atoms with Crippen molar-refractivity contribution in [3.8, 4) is 0 Å². The number of nitrogens with zero attached hydrogens (tertiary/aromatic N) is 3. The summed E-state index contributed by atoms with van der Waals surface area (Å²) >= 11 is 0. The van der Waals surface area contributed by atoms with Gasteiger partial charge in [0.05, 0.1) is 11.7 Å². The Kier molecular flexibility index (Phi) is 5.98. The number of halogens is 1. The number of piperidine rings is 1. The van der Waals surface area contributed by atoms with E-state index in [9.17, 15) is 9.18 Å². The summed E-state index contributed by atoms with van der Waals surface area (Å²) in [6.07, 6.45) is 4.42. The first-order chi connectivity index (χ1) is 13.0. The van der Waals surface area contributed by atoms with Crippen LogP contribution in [0.4, 0.5) is 21.7 Å². The van der Waals surface area contributed by atoms with E-state index in [1.165, 1.54) is 6.07 Å². The third-order valence-electron chi connectivity index (χ3n) is 5.00. The molecule has 0 bridgehead atoms. The number of aromatic amines is 1. The molecule has 0 aromatic carbocycles. The molecule has 7 heteroatoms. The molecular weight excluding hydrogens is 345 g/mol. The number of aromatic nitrogens is 2. The largest absolute Gasteiger partial charge is 0.380 e. The highest BCUT2D eigenvalue weighted by atomic mass is 19.1. The molecule has 0 amide bonds. The Morgan fingerprint density at radius 3 is 2.89 bits per heavy atom. The second-order valence-corrected chi connectivity index (χ2v) is 7.22. The van der Waals surface area contributed by atoms with E-state index in [2.05, 4.69) is 25.1 Å². The summed E-state index contributed by atoms with van der Waals surface area (Å²) < 4.78 is 13.9. The molecule has 0 saturated carbocycles. The third kappa shape index (κ3) is 4.23. The van der Waals surface area contributed by atoms with Crippen molar-refractivity contribution in [1.82, 2.24) is 9.97 Å². The highest BCUT2D eigenvalue weighted by molar-refractivity contribution is 5.68. The van der Waals surface area contributed by atoms with Gasteiger partial charge in [-0.3, -0.25) is 0 Å². The van der Waals surface area contributed by atoms with E-state index in [1.807, 2.05) is 39.1 Å². The van der Waals surface area contributed by atoms with Gasteiger partial charge in [-0.15, -0.1) is 0 Å². The first-order valence-electron chi connectivity index (χ1n) is 9.58. The molecule has 1 fully saturated rings. The van der Waals surface area contributed by atoms with Gasteiger partial charge in [-0.2, -0.15) is 4.39 Å². The molecule has 2 aromatic heterocycles. The third-order valence-corrected chi connectivity index (χ3v) is 5.00. The molecule has 2 unspecified atom stereocenters. The quantitative estimate of drug-likeness (QED) is 0.575. The van der Waals surface area contributed by atoms with Crippen LogP contribution < -0.4 is 15.1 Å². The molecule has 0 spiro atoms. The molecule has 2 N–H and O–H groups in total. The lowest BCUT2D eigenvalue weighted by Gasteiger charge is -2.42. The van der Waals surface area contributed by atoms with Gasteiger partial charge in [0.2, 0.25) is 5.95 Å². The molecule has 1 aliphatic heterocycles. The molecule has 0 radical (unpaired) electrons. The fourth-order valence-corrected chi connectivity index (χ4v) is 3.84. The van der Waals surface area contributed by atoms with Crippen LogP contribution in [0, 0.1) is 5.95 Å². The van der Waals surface area contributed by atoms with Gasteiger partial charge in [0, 0.05) is 31.4 Å². The van der Waals surface area contributed by atoms with Crippen molar-refractivity contribution in [3.05, 3.63) is 36.4 Å². The number of nitrogens with one attached hydrogen (secondary N) is 2. The molecule has 2 aromatic rings. The van der Waals surface area contributed by atoms with Gasteiger partial charge in [0.15, 0.2) is 5.82 Å². The fourth-order valence-electron chi connectivity index (χ4n) is 3.84. The smallest absolute Gasteiger partial charge is 0.214 e. The number of aldehydes is 1. The highest BCUT2D eigenvalue weighted by Crippen LogP contribution is 2.32. The van der Waals surface area contributed by atoms with Gasteiger partial charge in [0.25, 0.3) is 0 Å². The number of pyridine rings is 1. The summed E-state index contributed by atoms with van der Waals surface area (Å²) in [4.78, 5) is 23.3. The van der Waals surface area contributed by atoms with Crippen molar-refractivity contribution in [2.75, 3.05) is 28.2 Å². The molecule has 6 nitrogen and oxygen atoms in total. The second kappa shape index (κ2) is 8.41. The minimum atomic E-state index is -0.492. The number of carbonyl (C=O) groups excluding carboxylic acids is 1. The van der Waals surface area contributed by atoms with Crippen molar-refractivity contribution < 1.29 is 9.18 Å². The molecule has 1 aliphatic rings. The lowest BCUT2D eigenvalue weighted by atomic mass is 9.96. The van der Waals surface area contributed by atoms with Crippen molar-refractivity contribution in [2.45, 2.75) is 51.7 Å². The van der Waals surface area contributed by atoms with Crippen LogP contribution in [0.2, 0.25) is 0 Å². The van der Waals surface area contributed by atoms with E-state index in [0.29, 0.717) is 18.8 Å². The lowest BCUT2D eigenvalue weighted by Crippen LogP contribution is -2.51. The van der Waals surface area contributed by atoms with E-state index in [0.717, 1.165) is 30.8 Å². The second-order valence-electron chi connectivity index (χ2n) is 7.22. The maximum Gasteiger partial charge on any atom is 0.214 e. The Bertz CT molecular complexity index is 749. The summed E-state index contributed by atoms with van der Waals surface area (Å²) in [5.74, 6) is 1.09. The Morgan fingerprint density at radius 1 is 1.44 bits per heavy atom. The van der Waals surface area contributed by atoms with Gasteiger partial charge in [-0.25, -0.2) is 4.98 Å². The van der Waals surface area contributed by atoms with Crippen LogP contribution in [0.3, 0.4) is 0 Å². The monoisotopic (exact) mass is 373 g/mol. The Morgan fingerprint density at radius 2 is 2.26 bits per heavy atom. The minimum Gasteiger partial charge on any atom is -0.380 e. The van der Waals surface area contributed by atoms with Crippen LogP contribution in [-0.2, 0) is 4.79 Å². The molecule has 3 rings (SSSR count). The Labute approximate surface area is 159 Å². The van der Waals surface area contributed by atoms with Crippen LogP contribution in [-0.4, -0.2) is 47.5 Å². The average Bonchev–Trinajstić information content (AvgIpc) is 3.18. The van der Waals surface area contributed by atoms with Crippen LogP contribution in [0.25, 0.3) is 0 Å². The van der Waals surface area contributed by atoms with Gasteiger partial charge in [-0.05, 0) is 57.9 Å². The van der Waals surface area contributed by atoms with E-state index < -0.39 is 5.95 Å². The maximum atomic E-state index is 13.9. The number of H-pyrrole nitrogens is 1. The normalized spacial score (nSPS) is 20.0. The van der Waals surface area contributed by atoms with Crippen molar-refractivity contribution in [3.63, 3.8) is 0 Å². The summed E-state index contributed by atoms with van der Waals surface area (Å²) in [6.45, 7) is 7.58. The Balaban J connectivity index is 1.84. The standard InChI is InChI=1S/C20H28FN5O/c1-4-25(20-17(23-14(2)3)7-8-18(21)24-20)15-9-11-26(16(12-15)13-27)19-6-5-10-22-19/h5-8,10,13-16,22-23H,4,9,11-12H2,1-3H3. The van der Waals surface area contributed by atoms with E-state index >= 15 is 0 Å². The fraction of sp³-hybridized carbons (Fsp3) is 0.500. The van der Waals surface area contributed by atoms with Crippen LogP contribution in [0.15, 0.2) is 30.5 Å². The first kappa shape index (κ1) is 19.2. The van der Waals surface area contributed by atoms with Gasteiger partial charge in [-0.1, -0.05) is 0 Å². The van der Waals surface area contributed by atoms with Crippen LogP contribution in [0.5, 0.6) is 0 Å². The average molecular weight is 373 g/mol. The molecule has 2 atom stereocenters. The van der Waals surface area contributed by atoms with E-state index in [4.69, 9.17) is 0 Å². The SMILES string of the molecule is CCN(c1nc(F)ccc1NC(C)C)C1CCN(c2ccc[nH]2)C(C=O)C1. The molecular formula is C20H28FN5O. The van der Waals surface area contributed by atoms with Crippen molar-refractivity contribution in [1.29, 1.82) is 0 Å². The number of rotatable bonds is 7. The van der Waals surface area contributed by atoms with Gasteiger partial charge in [0.1, 0.15) is 12.1 Å². The highest BCUT2D eigenvalue weighted by Gasteiger charge is 2.33. The van der Waals surface area contributed by atoms with Crippen LogP contribution >= 0.6 is 0 Å². The van der Waals surface area contributed by atoms with E-state index in [-0.39, 0.29) is 18.1 Å². The van der Waals surface area contributed by atoms with Gasteiger partial charge < -0.3 is 24.9 Å². The van der Waals surface area contributed by atoms with E-state index in [1.54, 1.807) is 6.07 Å². The number of hydrogen-bond donors (Lipinski definition) is 2. The predicted molar refractivity (Wildman–Crippen MR) is 107 cm³/mol. The van der Waals surface area contributed by atoms with Crippen molar-refractivity contribution >= 4 is 23.6 Å². The summed E-state index contributed by atoms with van der Waals surface area (Å²) in [5, 5.41) is 3.36. The number of anilines is 3.